The normalized spacial score (nSPS) is 11.0. The third-order valence-corrected chi connectivity index (χ3v) is 3.70. The number of carbonyl (C=O) groups excluding carboxylic acids is 1. The quantitative estimate of drug-likeness (QED) is 0.672. The molecule has 0 aliphatic carbocycles. The van der Waals surface area contributed by atoms with Gasteiger partial charge in [-0.15, -0.1) is 0 Å². The van der Waals surface area contributed by atoms with Crippen molar-refractivity contribution in [3.05, 3.63) is 48.7 Å². The van der Waals surface area contributed by atoms with Gasteiger partial charge in [0, 0.05) is 11.6 Å². The van der Waals surface area contributed by atoms with Crippen LogP contribution in [0.1, 0.15) is 13.8 Å². The number of ether oxygens (including phenoxy) is 2. The number of carbonyl (C=O) groups is 1. The maximum absolute atomic E-state index is 12.2. The Morgan fingerprint density at radius 3 is 2.62 bits per heavy atom. The van der Waals surface area contributed by atoms with Crippen molar-refractivity contribution in [1.29, 1.82) is 0 Å². The Morgan fingerprint density at radius 1 is 1.21 bits per heavy atom. The number of aromatic nitrogens is 2. The van der Waals surface area contributed by atoms with Crippen LogP contribution in [-0.2, 0) is 16.1 Å². The topological polar surface area (TPSA) is 53.4 Å². The number of pyridine rings is 1. The summed E-state index contributed by atoms with van der Waals surface area (Å²) in [7, 11) is 1.64. The Labute approximate surface area is 140 Å². The van der Waals surface area contributed by atoms with Gasteiger partial charge in [-0.3, -0.25) is 4.79 Å². The summed E-state index contributed by atoms with van der Waals surface area (Å²) in [5, 5.41) is 0.987. The first-order valence-corrected chi connectivity index (χ1v) is 7.86. The van der Waals surface area contributed by atoms with Gasteiger partial charge in [0.1, 0.15) is 17.9 Å². The second-order valence-corrected chi connectivity index (χ2v) is 5.80. The van der Waals surface area contributed by atoms with E-state index in [1.54, 1.807) is 13.3 Å². The van der Waals surface area contributed by atoms with Crippen molar-refractivity contribution >= 4 is 17.0 Å². The summed E-state index contributed by atoms with van der Waals surface area (Å²) in [4.78, 5) is 16.6. The fourth-order valence-electron chi connectivity index (χ4n) is 2.68. The van der Waals surface area contributed by atoms with E-state index in [0.29, 0.717) is 0 Å². The lowest BCUT2D eigenvalue weighted by atomic mass is 10.1. The van der Waals surface area contributed by atoms with Crippen molar-refractivity contribution in [3.8, 4) is 17.0 Å². The molecule has 3 aromatic rings. The first-order valence-electron chi connectivity index (χ1n) is 7.86. The lowest BCUT2D eigenvalue weighted by Gasteiger charge is -2.12. The molecule has 0 fully saturated rings. The number of rotatable bonds is 5. The van der Waals surface area contributed by atoms with E-state index in [9.17, 15) is 4.79 Å². The molecule has 5 nitrogen and oxygen atoms in total. The highest BCUT2D eigenvalue weighted by Gasteiger charge is 2.16. The maximum atomic E-state index is 12.2. The standard InChI is InChI=1S/C19H20N2O3/c1-13(2)24-18(22)12-21-17(11-15-5-4-10-20-19(15)21)14-6-8-16(23-3)9-7-14/h4-11,13H,12H2,1-3H3. The molecule has 24 heavy (non-hydrogen) atoms. The fraction of sp³-hybridized carbons (Fsp3) is 0.263. The van der Waals surface area contributed by atoms with Crippen molar-refractivity contribution in [2.24, 2.45) is 0 Å². The molecular formula is C19H20N2O3. The van der Waals surface area contributed by atoms with Gasteiger partial charge in [0.05, 0.1) is 18.9 Å². The number of nitrogens with zero attached hydrogens (tertiary/aromatic N) is 2. The van der Waals surface area contributed by atoms with Gasteiger partial charge >= 0.3 is 5.97 Å². The molecular weight excluding hydrogens is 304 g/mol. The van der Waals surface area contributed by atoms with Crippen LogP contribution in [0.25, 0.3) is 22.3 Å². The van der Waals surface area contributed by atoms with Gasteiger partial charge in [-0.1, -0.05) is 0 Å². The van der Waals surface area contributed by atoms with Crippen molar-refractivity contribution in [2.45, 2.75) is 26.5 Å². The summed E-state index contributed by atoms with van der Waals surface area (Å²) in [6, 6.07) is 13.6. The predicted molar refractivity (Wildman–Crippen MR) is 92.9 cm³/mol. The van der Waals surface area contributed by atoms with Crippen molar-refractivity contribution in [2.75, 3.05) is 7.11 Å². The third kappa shape index (κ3) is 3.25. The summed E-state index contributed by atoms with van der Waals surface area (Å²) in [5.41, 5.74) is 2.68. The second-order valence-electron chi connectivity index (χ2n) is 5.80. The number of hydrogen-bond donors (Lipinski definition) is 0. The molecule has 2 heterocycles. The van der Waals surface area contributed by atoms with E-state index in [4.69, 9.17) is 9.47 Å². The third-order valence-electron chi connectivity index (χ3n) is 3.70. The molecule has 0 saturated heterocycles. The molecule has 1 aromatic carbocycles. The monoisotopic (exact) mass is 324 g/mol. The molecule has 0 atom stereocenters. The minimum Gasteiger partial charge on any atom is -0.497 e. The van der Waals surface area contributed by atoms with Crippen molar-refractivity contribution in [1.82, 2.24) is 9.55 Å². The van der Waals surface area contributed by atoms with Crippen molar-refractivity contribution in [3.63, 3.8) is 0 Å². The molecule has 2 aromatic heterocycles. The van der Waals surface area contributed by atoms with Crippen LogP contribution < -0.4 is 4.74 Å². The average molecular weight is 324 g/mol. The highest BCUT2D eigenvalue weighted by atomic mass is 16.5. The molecule has 0 saturated carbocycles. The number of hydrogen-bond acceptors (Lipinski definition) is 4. The van der Waals surface area contributed by atoms with Crippen molar-refractivity contribution < 1.29 is 14.3 Å². The van der Waals surface area contributed by atoms with Gasteiger partial charge < -0.3 is 14.0 Å². The lowest BCUT2D eigenvalue weighted by molar-refractivity contribution is -0.147. The van der Waals surface area contributed by atoms with E-state index in [2.05, 4.69) is 4.98 Å². The van der Waals surface area contributed by atoms with Gasteiger partial charge in [-0.2, -0.15) is 0 Å². The van der Waals surface area contributed by atoms with Crippen LogP contribution in [0, 0.1) is 0 Å². The molecule has 0 spiro atoms. The molecule has 3 rings (SSSR count). The van der Waals surface area contributed by atoms with Gasteiger partial charge in [-0.25, -0.2) is 4.98 Å². The van der Waals surface area contributed by atoms with Crippen LogP contribution in [0.4, 0.5) is 0 Å². The smallest absolute Gasteiger partial charge is 0.326 e. The van der Waals surface area contributed by atoms with E-state index in [-0.39, 0.29) is 18.6 Å². The lowest BCUT2D eigenvalue weighted by Crippen LogP contribution is -2.18. The van der Waals surface area contributed by atoms with Gasteiger partial charge in [-0.05, 0) is 61.9 Å². The zero-order chi connectivity index (χ0) is 17.1. The largest absolute Gasteiger partial charge is 0.497 e. The Kier molecular flexibility index (Phi) is 4.51. The Morgan fingerprint density at radius 2 is 1.96 bits per heavy atom. The number of benzene rings is 1. The minimum atomic E-state index is -0.275. The molecule has 5 heteroatoms. The predicted octanol–water partition coefficient (Wildman–Crippen LogP) is 3.66. The molecule has 0 radical (unpaired) electrons. The molecule has 124 valence electrons. The van der Waals surface area contributed by atoms with Crippen LogP contribution >= 0.6 is 0 Å². The van der Waals surface area contributed by atoms with Gasteiger partial charge in [0.15, 0.2) is 0 Å². The van der Waals surface area contributed by atoms with Crippen LogP contribution in [-0.4, -0.2) is 28.7 Å². The maximum Gasteiger partial charge on any atom is 0.326 e. The first kappa shape index (κ1) is 16.1. The van der Waals surface area contributed by atoms with Crippen LogP contribution in [0.3, 0.4) is 0 Å². The van der Waals surface area contributed by atoms with E-state index in [1.807, 2.05) is 60.9 Å². The van der Waals surface area contributed by atoms with Gasteiger partial charge in [0.2, 0.25) is 0 Å². The molecule has 0 N–H and O–H groups in total. The second kappa shape index (κ2) is 6.74. The van der Waals surface area contributed by atoms with Crippen LogP contribution in [0.5, 0.6) is 5.75 Å². The number of methoxy groups -OCH3 is 1. The molecule has 0 bridgehead atoms. The number of esters is 1. The molecule has 0 aliphatic rings. The zero-order valence-electron chi connectivity index (χ0n) is 14.0. The Balaban J connectivity index is 2.05. The Bertz CT molecular complexity index is 851. The SMILES string of the molecule is COc1ccc(-c2cc3cccnc3n2CC(=O)OC(C)C)cc1. The van der Waals surface area contributed by atoms with E-state index < -0.39 is 0 Å². The molecule has 0 unspecified atom stereocenters. The highest BCUT2D eigenvalue weighted by Crippen LogP contribution is 2.28. The van der Waals surface area contributed by atoms with Crippen LogP contribution in [0.2, 0.25) is 0 Å². The Hall–Kier alpha value is -2.82. The summed E-state index contributed by atoms with van der Waals surface area (Å²) in [5.74, 6) is 0.515. The molecule has 0 amide bonds. The average Bonchev–Trinajstić information content (AvgIpc) is 2.93. The number of fused-ring (bicyclic) bond motifs is 1. The highest BCUT2D eigenvalue weighted by molar-refractivity contribution is 5.86. The minimum absolute atomic E-state index is 0.125. The van der Waals surface area contributed by atoms with Gasteiger partial charge in [0.25, 0.3) is 0 Å². The summed E-state index contributed by atoms with van der Waals surface area (Å²) in [6.07, 6.45) is 1.58. The molecule has 0 aliphatic heterocycles. The fourth-order valence-corrected chi connectivity index (χ4v) is 2.68. The van der Waals surface area contributed by atoms with E-state index >= 15 is 0 Å². The van der Waals surface area contributed by atoms with Crippen LogP contribution in [0.15, 0.2) is 48.7 Å². The zero-order valence-corrected chi connectivity index (χ0v) is 14.0. The summed E-state index contributed by atoms with van der Waals surface area (Å²) < 4.78 is 12.4. The van der Waals surface area contributed by atoms with E-state index in [1.165, 1.54) is 0 Å². The summed E-state index contributed by atoms with van der Waals surface area (Å²) in [6.45, 7) is 3.81. The van der Waals surface area contributed by atoms with E-state index in [0.717, 1.165) is 28.0 Å². The first-order chi connectivity index (χ1) is 11.6. The summed E-state index contributed by atoms with van der Waals surface area (Å²) >= 11 is 0.